The van der Waals surface area contributed by atoms with Gasteiger partial charge in [0.2, 0.25) is 10.0 Å². The lowest BCUT2D eigenvalue weighted by Crippen LogP contribution is -2.34. The Balaban J connectivity index is 3.09. The van der Waals surface area contributed by atoms with E-state index in [-0.39, 0.29) is 17.0 Å². The van der Waals surface area contributed by atoms with Gasteiger partial charge < -0.3 is 10.0 Å². The summed E-state index contributed by atoms with van der Waals surface area (Å²) in [6.45, 7) is 0.395. The van der Waals surface area contributed by atoms with Crippen LogP contribution in [0.4, 0.5) is 4.39 Å². The van der Waals surface area contributed by atoms with Crippen LogP contribution in [-0.2, 0) is 16.6 Å². The van der Waals surface area contributed by atoms with E-state index >= 15 is 0 Å². The van der Waals surface area contributed by atoms with Crippen LogP contribution in [0.15, 0.2) is 23.1 Å². The van der Waals surface area contributed by atoms with Crippen LogP contribution in [0.3, 0.4) is 0 Å². The molecule has 0 aliphatic rings. The Morgan fingerprint density at radius 2 is 1.84 bits per heavy atom. The lowest BCUT2D eigenvalue weighted by atomic mass is 10.2. The molecular formula is C12H19FN2O3S. The maximum Gasteiger partial charge on any atom is 0.243 e. The van der Waals surface area contributed by atoms with Crippen LogP contribution in [0.5, 0.6) is 0 Å². The Morgan fingerprint density at radius 1 is 1.21 bits per heavy atom. The Morgan fingerprint density at radius 3 is 2.37 bits per heavy atom. The van der Waals surface area contributed by atoms with Gasteiger partial charge in [0.1, 0.15) is 5.82 Å². The van der Waals surface area contributed by atoms with Crippen molar-refractivity contribution in [3.8, 4) is 0 Å². The molecule has 0 aliphatic heterocycles. The van der Waals surface area contributed by atoms with Crippen molar-refractivity contribution in [1.29, 1.82) is 0 Å². The Hall–Kier alpha value is -1.02. The third kappa shape index (κ3) is 3.97. The van der Waals surface area contributed by atoms with Crippen LogP contribution in [0.25, 0.3) is 0 Å². The van der Waals surface area contributed by atoms with E-state index in [1.54, 1.807) is 0 Å². The normalized spacial score (nSPS) is 12.4. The summed E-state index contributed by atoms with van der Waals surface area (Å²) in [7, 11) is 1.31. The molecule has 7 heteroatoms. The third-order valence-electron chi connectivity index (χ3n) is 2.75. The van der Waals surface area contributed by atoms with Gasteiger partial charge in [-0.3, -0.25) is 0 Å². The number of sulfonamides is 1. The first-order chi connectivity index (χ1) is 8.78. The molecule has 0 radical (unpaired) electrons. The van der Waals surface area contributed by atoms with Crippen molar-refractivity contribution in [3.63, 3.8) is 0 Å². The largest absolute Gasteiger partial charge is 0.392 e. The van der Waals surface area contributed by atoms with Crippen molar-refractivity contribution in [2.75, 3.05) is 34.2 Å². The van der Waals surface area contributed by atoms with E-state index in [0.29, 0.717) is 6.54 Å². The highest BCUT2D eigenvalue weighted by atomic mass is 32.2. The average Bonchev–Trinajstić information content (AvgIpc) is 2.35. The smallest absolute Gasteiger partial charge is 0.243 e. The highest BCUT2D eigenvalue weighted by Crippen LogP contribution is 2.20. The second-order valence-electron chi connectivity index (χ2n) is 4.54. The molecule has 108 valence electrons. The van der Waals surface area contributed by atoms with Gasteiger partial charge in [-0.05, 0) is 31.8 Å². The maximum absolute atomic E-state index is 13.2. The second kappa shape index (κ2) is 6.42. The first-order valence-electron chi connectivity index (χ1n) is 5.79. The zero-order valence-electron chi connectivity index (χ0n) is 11.3. The SMILES string of the molecule is CN(C)CCN(C)S(=O)(=O)c1cc(F)ccc1CO. The van der Waals surface area contributed by atoms with Crippen LogP contribution in [0, 0.1) is 5.82 Å². The molecule has 0 spiro atoms. The molecule has 1 aromatic rings. The summed E-state index contributed by atoms with van der Waals surface area (Å²) in [6.07, 6.45) is 0. The van der Waals surface area contributed by atoms with Crippen LogP contribution in [0.1, 0.15) is 5.56 Å². The Kier molecular flexibility index (Phi) is 5.42. The molecule has 0 saturated heterocycles. The van der Waals surface area contributed by atoms with Crippen molar-refractivity contribution < 1.29 is 17.9 Å². The highest BCUT2D eigenvalue weighted by molar-refractivity contribution is 7.89. The monoisotopic (exact) mass is 290 g/mol. The number of nitrogens with zero attached hydrogens (tertiary/aromatic N) is 2. The summed E-state index contributed by atoms with van der Waals surface area (Å²) in [5.74, 6) is -0.642. The van der Waals surface area contributed by atoms with Crippen molar-refractivity contribution in [1.82, 2.24) is 9.21 Å². The molecule has 1 rings (SSSR count). The fraction of sp³-hybridized carbons (Fsp3) is 0.500. The fourth-order valence-corrected chi connectivity index (χ4v) is 2.91. The number of aliphatic hydroxyl groups excluding tert-OH is 1. The Labute approximate surface area is 113 Å². The van der Waals surface area contributed by atoms with Gasteiger partial charge in [-0.1, -0.05) is 6.07 Å². The highest BCUT2D eigenvalue weighted by Gasteiger charge is 2.24. The van der Waals surface area contributed by atoms with Crippen LogP contribution < -0.4 is 0 Å². The van der Waals surface area contributed by atoms with Crippen molar-refractivity contribution in [3.05, 3.63) is 29.6 Å². The van der Waals surface area contributed by atoms with E-state index in [2.05, 4.69) is 0 Å². The molecule has 0 aliphatic carbocycles. The third-order valence-corrected chi connectivity index (χ3v) is 4.69. The number of halogens is 1. The summed E-state index contributed by atoms with van der Waals surface area (Å²) in [6, 6.07) is 3.35. The van der Waals surface area contributed by atoms with Gasteiger partial charge in [-0.15, -0.1) is 0 Å². The zero-order valence-corrected chi connectivity index (χ0v) is 12.1. The lowest BCUT2D eigenvalue weighted by molar-refractivity contribution is 0.277. The predicted molar refractivity (Wildman–Crippen MR) is 70.7 cm³/mol. The van der Waals surface area contributed by atoms with E-state index in [9.17, 15) is 12.8 Å². The molecule has 19 heavy (non-hydrogen) atoms. The van der Waals surface area contributed by atoms with Gasteiger partial charge in [0.05, 0.1) is 11.5 Å². The lowest BCUT2D eigenvalue weighted by Gasteiger charge is -2.20. The molecular weight excluding hydrogens is 271 g/mol. The summed E-state index contributed by atoms with van der Waals surface area (Å²) >= 11 is 0. The first kappa shape index (κ1) is 16.0. The molecule has 0 amide bonds. The summed E-state index contributed by atoms with van der Waals surface area (Å²) in [5.41, 5.74) is 0.193. The predicted octanol–water partition coefficient (Wildman–Crippen LogP) is 0.500. The summed E-state index contributed by atoms with van der Waals surface area (Å²) < 4.78 is 39.0. The minimum atomic E-state index is -3.79. The average molecular weight is 290 g/mol. The maximum atomic E-state index is 13.2. The second-order valence-corrected chi connectivity index (χ2v) is 6.55. The van der Waals surface area contributed by atoms with Gasteiger partial charge in [-0.25, -0.2) is 12.8 Å². The molecule has 0 fully saturated rings. The van der Waals surface area contributed by atoms with E-state index in [0.717, 1.165) is 16.4 Å². The number of aliphatic hydroxyl groups is 1. The van der Waals surface area contributed by atoms with Crippen LogP contribution >= 0.6 is 0 Å². The standard InChI is InChI=1S/C12H19FN2O3S/c1-14(2)6-7-15(3)19(17,18)12-8-11(13)5-4-10(12)9-16/h4-5,8,16H,6-7,9H2,1-3H3. The molecule has 0 unspecified atom stereocenters. The summed E-state index contributed by atoms with van der Waals surface area (Å²) in [4.78, 5) is 1.67. The first-order valence-corrected chi connectivity index (χ1v) is 7.23. The Bertz CT molecular complexity index is 532. The molecule has 0 aromatic heterocycles. The number of hydrogen-bond donors (Lipinski definition) is 1. The number of likely N-dealkylation sites (N-methyl/N-ethyl adjacent to an activating group) is 2. The van der Waals surface area contributed by atoms with E-state index in [1.807, 2.05) is 19.0 Å². The summed E-state index contributed by atoms with van der Waals surface area (Å²) in [5, 5.41) is 9.16. The molecule has 0 bridgehead atoms. The van der Waals surface area contributed by atoms with Crippen molar-refractivity contribution >= 4 is 10.0 Å². The van der Waals surface area contributed by atoms with E-state index < -0.39 is 22.4 Å². The fourth-order valence-electron chi connectivity index (χ4n) is 1.53. The molecule has 1 aromatic carbocycles. The van der Waals surface area contributed by atoms with Crippen LogP contribution in [0.2, 0.25) is 0 Å². The van der Waals surface area contributed by atoms with E-state index in [4.69, 9.17) is 5.11 Å². The van der Waals surface area contributed by atoms with Gasteiger partial charge in [0.15, 0.2) is 0 Å². The van der Waals surface area contributed by atoms with E-state index in [1.165, 1.54) is 13.1 Å². The van der Waals surface area contributed by atoms with Gasteiger partial charge >= 0.3 is 0 Å². The van der Waals surface area contributed by atoms with Gasteiger partial charge in [0, 0.05) is 20.1 Å². The quantitative estimate of drug-likeness (QED) is 0.829. The molecule has 1 N–H and O–H groups in total. The molecule has 0 heterocycles. The van der Waals surface area contributed by atoms with Crippen LogP contribution in [-0.4, -0.2) is 57.0 Å². The molecule has 5 nitrogen and oxygen atoms in total. The van der Waals surface area contributed by atoms with Crippen molar-refractivity contribution in [2.24, 2.45) is 0 Å². The molecule has 0 atom stereocenters. The topological polar surface area (TPSA) is 60.9 Å². The minimum absolute atomic E-state index is 0.184. The number of benzene rings is 1. The minimum Gasteiger partial charge on any atom is -0.392 e. The zero-order chi connectivity index (χ0) is 14.6. The molecule has 0 saturated carbocycles. The van der Waals surface area contributed by atoms with Crippen molar-refractivity contribution in [2.45, 2.75) is 11.5 Å². The van der Waals surface area contributed by atoms with Gasteiger partial charge in [0.25, 0.3) is 0 Å². The number of hydrogen-bond acceptors (Lipinski definition) is 4. The van der Waals surface area contributed by atoms with Gasteiger partial charge in [-0.2, -0.15) is 4.31 Å². The number of rotatable bonds is 6.